The molecule has 92 valence electrons. The van der Waals surface area contributed by atoms with Gasteiger partial charge in [-0.05, 0) is 12.1 Å². The molecule has 6 heteroatoms. The molecular formula is C12H13N5O. The number of hydrogen-bond acceptors (Lipinski definition) is 5. The summed E-state index contributed by atoms with van der Waals surface area (Å²) in [7, 11) is 0. The summed E-state index contributed by atoms with van der Waals surface area (Å²) in [5, 5.41) is 11.1. The number of nitrogens with one attached hydrogen (secondary N) is 2. The SMILES string of the molecule is N=c1nc(C2COC2)c2ccc3n(c-2n1)CCN3. The van der Waals surface area contributed by atoms with Crippen LogP contribution in [-0.4, -0.2) is 34.3 Å². The van der Waals surface area contributed by atoms with Crippen LogP contribution in [0.3, 0.4) is 0 Å². The van der Waals surface area contributed by atoms with E-state index in [0.29, 0.717) is 19.1 Å². The normalized spacial score (nSPS) is 18.4. The van der Waals surface area contributed by atoms with Crippen molar-refractivity contribution in [3.8, 4) is 11.4 Å². The van der Waals surface area contributed by atoms with Crippen LogP contribution in [0.5, 0.6) is 0 Å². The highest BCUT2D eigenvalue weighted by Crippen LogP contribution is 2.33. The highest BCUT2D eigenvalue weighted by Gasteiger charge is 2.28. The van der Waals surface area contributed by atoms with Gasteiger partial charge in [-0.2, -0.15) is 4.98 Å². The van der Waals surface area contributed by atoms with Crippen molar-refractivity contribution in [3.05, 3.63) is 23.4 Å². The zero-order valence-corrected chi connectivity index (χ0v) is 9.81. The first-order chi connectivity index (χ1) is 8.83. The van der Waals surface area contributed by atoms with Crippen molar-refractivity contribution >= 4 is 5.82 Å². The molecule has 18 heavy (non-hydrogen) atoms. The van der Waals surface area contributed by atoms with Crippen molar-refractivity contribution in [2.75, 3.05) is 25.1 Å². The van der Waals surface area contributed by atoms with Crippen LogP contribution in [0.15, 0.2) is 12.1 Å². The molecular weight excluding hydrogens is 230 g/mol. The lowest BCUT2D eigenvalue weighted by molar-refractivity contribution is 0.00674. The summed E-state index contributed by atoms with van der Waals surface area (Å²) in [6.45, 7) is 3.21. The lowest BCUT2D eigenvalue weighted by Gasteiger charge is -2.27. The monoisotopic (exact) mass is 243 g/mol. The van der Waals surface area contributed by atoms with Gasteiger partial charge in [0.1, 0.15) is 11.6 Å². The predicted molar refractivity (Wildman–Crippen MR) is 64.5 cm³/mol. The fourth-order valence-electron chi connectivity index (χ4n) is 2.59. The Bertz CT molecular complexity index is 646. The summed E-state index contributed by atoms with van der Waals surface area (Å²) in [5.41, 5.74) is 2.10. The molecule has 0 amide bonds. The molecule has 1 fully saturated rings. The third kappa shape index (κ3) is 1.29. The maximum absolute atomic E-state index is 7.78. The van der Waals surface area contributed by atoms with E-state index in [9.17, 15) is 0 Å². The Morgan fingerprint density at radius 3 is 3.00 bits per heavy atom. The van der Waals surface area contributed by atoms with Crippen LogP contribution < -0.4 is 10.9 Å². The molecule has 4 heterocycles. The Kier molecular flexibility index (Phi) is 1.96. The standard InChI is InChI=1S/C12H13N5O/c13-12-15-10(7-5-18-6-7)8-1-2-9-14-3-4-17(9)11(8)16-12/h1-2,7,13-14H,3-6H2. The fraction of sp³-hybridized carbons (Fsp3) is 0.417. The number of hydrogen-bond donors (Lipinski definition) is 2. The van der Waals surface area contributed by atoms with E-state index in [-0.39, 0.29) is 5.62 Å². The van der Waals surface area contributed by atoms with Crippen LogP contribution in [0.25, 0.3) is 11.4 Å². The van der Waals surface area contributed by atoms with Crippen molar-refractivity contribution in [1.82, 2.24) is 14.5 Å². The zero-order valence-electron chi connectivity index (χ0n) is 9.81. The molecule has 2 N–H and O–H groups in total. The van der Waals surface area contributed by atoms with E-state index in [1.54, 1.807) is 0 Å². The first-order valence-electron chi connectivity index (χ1n) is 6.10. The van der Waals surface area contributed by atoms with Gasteiger partial charge in [-0.1, -0.05) is 0 Å². The van der Waals surface area contributed by atoms with Crippen molar-refractivity contribution < 1.29 is 4.74 Å². The molecule has 0 spiro atoms. The Morgan fingerprint density at radius 1 is 1.33 bits per heavy atom. The van der Waals surface area contributed by atoms with Gasteiger partial charge in [-0.15, -0.1) is 0 Å². The van der Waals surface area contributed by atoms with E-state index in [2.05, 4.69) is 25.9 Å². The van der Waals surface area contributed by atoms with Gasteiger partial charge >= 0.3 is 0 Å². The van der Waals surface area contributed by atoms with Gasteiger partial charge in [0.25, 0.3) is 0 Å². The Morgan fingerprint density at radius 2 is 2.22 bits per heavy atom. The third-order valence-electron chi connectivity index (χ3n) is 3.58. The number of aromatic nitrogens is 3. The van der Waals surface area contributed by atoms with Gasteiger partial charge in [0, 0.05) is 24.6 Å². The van der Waals surface area contributed by atoms with Crippen molar-refractivity contribution in [2.24, 2.45) is 0 Å². The number of anilines is 1. The van der Waals surface area contributed by atoms with Crippen LogP contribution >= 0.6 is 0 Å². The topological polar surface area (TPSA) is 75.8 Å². The number of rotatable bonds is 1. The molecule has 6 nitrogen and oxygen atoms in total. The van der Waals surface area contributed by atoms with E-state index < -0.39 is 0 Å². The molecule has 0 atom stereocenters. The van der Waals surface area contributed by atoms with Crippen molar-refractivity contribution in [2.45, 2.75) is 12.5 Å². The molecule has 0 saturated carbocycles. The lowest BCUT2D eigenvalue weighted by atomic mass is 9.98. The molecule has 0 aromatic carbocycles. The van der Waals surface area contributed by atoms with Gasteiger partial charge in [-0.25, -0.2) is 4.98 Å². The zero-order chi connectivity index (χ0) is 12.1. The predicted octanol–water partition coefficient (Wildman–Crippen LogP) is 0.402. The van der Waals surface area contributed by atoms with E-state index in [1.807, 2.05) is 6.07 Å². The summed E-state index contributed by atoms with van der Waals surface area (Å²) in [6.07, 6.45) is 0. The van der Waals surface area contributed by atoms with Crippen LogP contribution in [0.2, 0.25) is 0 Å². The quantitative estimate of drug-likeness (QED) is 0.760. The summed E-state index contributed by atoms with van der Waals surface area (Å²) in [4.78, 5) is 8.58. The summed E-state index contributed by atoms with van der Waals surface area (Å²) < 4.78 is 7.35. The molecule has 4 aliphatic heterocycles. The van der Waals surface area contributed by atoms with E-state index >= 15 is 0 Å². The highest BCUT2D eigenvalue weighted by molar-refractivity contribution is 5.65. The first-order valence-corrected chi connectivity index (χ1v) is 6.10. The molecule has 0 unspecified atom stereocenters. The average Bonchev–Trinajstić information content (AvgIpc) is 2.74. The Hall–Kier alpha value is -1.95. The second-order valence-electron chi connectivity index (χ2n) is 4.70. The minimum Gasteiger partial charge on any atom is -0.380 e. The van der Waals surface area contributed by atoms with Gasteiger partial charge in [-0.3, -0.25) is 5.41 Å². The van der Waals surface area contributed by atoms with Crippen LogP contribution in [0.4, 0.5) is 5.82 Å². The number of fused-ring (bicyclic) bond motifs is 3. The second kappa shape index (κ2) is 3.52. The fourth-order valence-corrected chi connectivity index (χ4v) is 2.59. The second-order valence-corrected chi connectivity index (χ2v) is 4.70. The molecule has 0 radical (unpaired) electrons. The third-order valence-corrected chi connectivity index (χ3v) is 3.58. The minimum absolute atomic E-state index is 0.0946. The highest BCUT2D eigenvalue weighted by atomic mass is 16.5. The van der Waals surface area contributed by atoms with Gasteiger partial charge in [0.05, 0.1) is 18.9 Å². The molecule has 1 saturated heterocycles. The molecule has 0 bridgehead atoms. The Labute approximate surface area is 103 Å². The van der Waals surface area contributed by atoms with Crippen molar-refractivity contribution in [3.63, 3.8) is 0 Å². The van der Waals surface area contributed by atoms with Gasteiger partial charge < -0.3 is 14.6 Å². The van der Waals surface area contributed by atoms with Crippen LogP contribution in [0.1, 0.15) is 11.6 Å². The summed E-state index contributed by atoms with van der Waals surface area (Å²) >= 11 is 0. The summed E-state index contributed by atoms with van der Waals surface area (Å²) in [6, 6.07) is 4.11. The van der Waals surface area contributed by atoms with Gasteiger partial charge in [0.2, 0.25) is 5.62 Å². The number of pyridine rings is 1. The largest absolute Gasteiger partial charge is 0.380 e. The van der Waals surface area contributed by atoms with Crippen LogP contribution in [0, 0.1) is 5.41 Å². The molecule has 4 rings (SSSR count). The van der Waals surface area contributed by atoms with E-state index in [4.69, 9.17) is 10.1 Å². The molecule has 0 aliphatic carbocycles. The maximum atomic E-state index is 7.78. The molecule has 0 aromatic rings. The Balaban J connectivity index is 1.99. The van der Waals surface area contributed by atoms with Crippen molar-refractivity contribution in [1.29, 1.82) is 5.41 Å². The lowest BCUT2D eigenvalue weighted by Crippen LogP contribution is -2.30. The summed E-state index contributed by atoms with van der Waals surface area (Å²) in [5.74, 6) is 2.24. The minimum atomic E-state index is 0.0946. The van der Waals surface area contributed by atoms with Crippen LogP contribution in [-0.2, 0) is 11.3 Å². The van der Waals surface area contributed by atoms with Gasteiger partial charge in [0.15, 0.2) is 0 Å². The average molecular weight is 243 g/mol. The number of ether oxygens (including phenoxy) is 1. The van der Waals surface area contributed by atoms with E-state index in [1.165, 1.54) is 0 Å². The smallest absolute Gasteiger partial charge is 0.244 e. The first kappa shape index (κ1) is 10.0. The number of nitrogens with zero attached hydrogens (tertiary/aromatic N) is 3. The van der Waals surface area contributed by atoms with E-state index in [0.717, 1.165) is 36.0 Å². The molecule has 0 aromatic heterocycles. The maximum Gasteiger partial charge on any atom is 0.244 e. The molecule has 4 aliphatic rings.